The summed E-state index contributed by atoms with van der Waals surface area (Å²) in [7, 11) is 0. The number of fused-ring (bicyclic) bond motifs is 1. The van der Waals surface area contributed by atoms with E-state index >= 15 is 0 Å². The zero-order valence-electron chi connectivity index (χ0n) is 18.4. The van der Waals surface area contributed by atoms with E-state index < -0.39 is 5.41 Å². The van der Waals surface area contributed by atoms with Crippen LogP contribution >= 0.6 is 11.6 Å². The summed E-state index contributed by atoms with van der Waals surface area (Å²) in [6.45, 7) is 7.98. The molecule has 1 saturated heterocycles. The molecule has 4 rings (SSSR count). The van der Waals surface area contributed by atoms with Crippen LogP contribution in [-0.4, -0.2) is 35.6 Å². The Bertz CT molecular complexity index is 1070. The number of ether oxygens (including phenoxy) is 1. The summed E-state index contributed by atoms with van der Waals surface area (Å²) in [6, 6.07) is 14.1. The molecule has 31 heavy (non-hydrogen) atoms. The highest BCUT2D eigenvalue weighted by Gasteiger charge is 2.43. The van der Waals surface area contributed by atoms with E-state index in [4.69, 9.17) is 21.3 Å². The third-order valence-corrected chi connectivity index (χ3v) is 6.74. The van der Waals surface area contributed by atoms with E-state index in [9.17, 15) is 4.79 Å². The van der Waals surface area contributed by atoms with Gasteiger partial charge in [-0.1, -0.05) is 49.7 Å². The summed E-state index contributed by atoms with van der Waals surface area (Å²) in [6.07, 6.45) is 1.46. The highest BCUT2D eigenvalue weighted by Crippen LogP contribution is 2.36. The second kappa shape index (κ2) is 9.01. The van der Waals surface area contributed by atoms with Crippen LogP contribution in [0, 0.1) is 5.92 Å². The number of hydrogen-bond acceptors (Lipinski definition) is 3. The van der Waals surface area contributed by atoms with Gasteiger partial charge in [0.25, 0.3) is 0 Å². The second-order valence-corrected chi connectivity index (χ2v) is 9.14. The molecule has 2 atom stereocenters. The molecule has 5 nitrogen and oxygen atoms in total. The molecule has 1 aliphatic rings. The molecule has 1 amide bonds. The maximum atomic E-state index is 12.9. The van der Waals surface area contributed by atoms with Crippen molar-refractivity contribution >= 4 is 28.5 Å². The van der Waals surface area contributed by atoms with Gasteiger partial charge in [0.1, 0.15) is 5.82 Å². The Morgan fingerprint density at radius 3 is 2.77 bits per heavy atom. The number of halogens is 1. The first-order valence-corrected chi connectivity index (χ1v) is 11.4. The summed E-state index contributed by atoms with van der Waals surface area (Å²) in [4.78, 5) is 21.2. The fraction of sp³-hybridized carbons (Fsp3) is 0.440. The minimum Gasteiger partial charge on any atom is -0.380 e. The van der Waals surface area contributed by atoms with Crippen LogP contribution in [0.15, 0.2) is 42.5 Å². The molecule has 2 unspecified atom stereocenters. The molecule has 0 aliphatic carbocycles. The molecule has 1 fully saturated rings. The molecule has 0 radical (unpaired) electrons. The van der Waals surface area contributed by atoms with Crippen molar-refractivity contribution in [2.45, 2.75) is 44.9 Å². The van der Waals surface area contributed by atoms with Crippen LogP contribution < -0.4 is 5.32 Å². The standard InChI is InChI=1S/C25H30ClN3O2/c1-4-27-24(30)25(11-12-31-15-25)17-9-10-21-22(13-17)29-23(28-21)14-19(16(2)3)18-7-5-6-8-20(18)26/h5-10,13,16,19H,4,11-12,14-15H2,1-3H3,(H,27,30)(H,28,29). The minimum atomic E-state index is -0.631. The third kappa shape index (κ3) is 4.21. The number of benzene rings is 2. The largest absolute Gasteiger partial charge is 0.380 e. The maximum absolute atomic E-state index is 12.9. The van der Waals surface area contributed by atoms with E-state index in [2.05, 4.69) is 36.3 Å². The lowest BCUT2D eigenvalue weighted by atomic mass is 9.78. The summed E-state index contributed by atoms with van der Waals surface area (Å²) < 4.78 is 5.64. The highest BCUT2D eigenvalue weighted by molar-refractivity contribution is 6.31. The molecule has 0 spiro atoms. The number of carbonyl (C=O) groups is 1. The Kier molecular flexibility index (Phi) is 6.35. The minimum absolute atomic E-state index is 0.0326. The van der Waals surface area contributed by atoms with Crippen LogP contribution in [0.3, 0.4) is 0 Å². The van der Waals surface area contributed by atoms with Gasteiger partial charge in [0.2, 0.25) is 5.91 Å². The number of rotatable bonds is 7. The first-order chi connectivity index (χ1) is 14.9. The zero-order valence-corrected chi connectivity index (χ0v) is 19.1. The molecule has 3 aromatic rings. The summed E-state index contributed by atoms with van der Waals surface area (Å²) in [5.41, 5.74) is 3.35. The van der Waals surface area contributed by atoms with Gasteiger partial charge in [-0.15, -0.1) is 0 Å². The number of likely N-dealkylation sites (N-methyl/N-ethyl adjacent to an activating group) is 1. The van der Waals surface area contributed by atoms with Crippen molar-refractivity contribution in [3.05, 3.63) is 64.4 Å². The van der Waals surface area contributed by atoms with Crippen molar-refractivity contribution in [3.63, 3.8) is 0 Å². The first kappa shape index (κ1) is 21.8. The topological polar surface area (TPSA) is 67.0 Å². The number of carbonyl (C=O) groups excluding carboxylic acids is 1. The second-order valence-electron chi connectivity index (χ2n) is 8.74. The average Bonchev–Trinajstić information content (AvgIpc) is 3.39. The van der Waals surface area contributed by atoms with Crippen LogP contribution in [0.4, 0.5) is 0 Å². The lowest BCUT2D eigenvalue weighted by Crippen LogP contribution is -2.45. The smallest absolute Gasteiger partial charge is 0.233 e. The van der Waals surface area contributed by atoms with Gasteiger partial charge in [-0.3, -0.25) is 4.79 Å². The molecular weight excluding hydrogens is 410 g/mol. The number of aromatic amines is 1. The SMILES string of the molecule is CCNC(=O)C1(c2ccc3nc(CC(c4ccccc4Cl)C(C)C)[nH]c3c2)CCOC1. The summed E-state index contributed by atoms with van der Waals surface area (Å²) in [5.74, 6) is 1.64. The number of imidazole rings is 1. The lowest BCUT2D eigenvalue weighted by molar-refractivity contribution is -0.126. The Labute approximate surface area is 188 Å². The molecule has 1 aliphatic heterocycles. The highest BCUT2D eigenvalue weighted by atomic mass is 35.5. The van der Waals surface area contributed by atoms with E-state index in [0.717, 1.165) is 39.4 Å². The van der Waals surface area contributed by atoms with E-state index in [-0.39, 0.29) is 11.8 Å². The fourth-order valence-electron chi connectivity index (χ4n) is 4.58. The van der Waals surface area contributed by atoms with Crippen LogP contribution in [0.5, 0.6) is 0 Å². The van der Waals surface area contributed by atoms with Gasteiger partial charge in [-0.2, -0.15) is 0 Å². The van der Waals surface area contributed by atoms with Crippen molar-refractivity contribution in [3.8, 4) is 0 Å². The predicted molar refractivity (Wildman–Crippen MR) is 125 cm³/mol. The van der Waals surface area contributed by atoms with Crippen LogP contribution in [-0.2, 0) is 21.4 Å². The average molecular weight is 440 g/mol. The number of nitrogens with zero attached hydrogens (tertiary/aromatic N) is 1. The molecule has 2 N–H and O–H groups in total. The quantitative estimate of drug-likeness (QED) is 0.544. The van der Waals surface area contributed by atoms with Gasteiger partial charge in [0.15, 0.2) is 0 Å². The summed E-state index contributed by atoms with van der Waals surface area (Å²) in [5, 5.41) is 3.78. The zero-order chi connectivity index (χ0) is 22.0. The van der Waals surface area contributed by atoms with E-state index in [1.807, 2.05) is 37.3 Å². The van der Waals surface area contributed by atoms with Crippen molar-refractivity contribution in [1.82, 2.24) is 15.3 Å². The van der Waals surface area contributed by atoms with E-state index in [1.54, 1.807) is 0 Å². The van der Waals surface area contributed by atoms with Crippen molar-refractivity contribution in [2.24, 2.45) is 5.92 Å². The molecule has 2 heterocycles. The Morgan fingerprint density at radius 2 is 2.10 bits per heavy atom. The molecule has 1 aromatic heterocycles. The Morgan fingerprint density at radius 1 is 1.29 bits per heavy atom. The number of nitrogens with one attached hydrogen (secondary N) is 2. The molecule has 0 saturated carbocycles. The number of aromatic nitrogens is 2. The van der Waals surface area contributed by atoms with Gasteiger partial charge in [-0.25, -0.2) is 4.98 Å². The van der Waals surface area contributed by atoms with Gasteiger partial charge < -0.3 is 15.0 Å². The number of amides is 1. The molecule has 2 aromatic carbocycles. The summed E-state index contributed by atoms with van der Waals surface area (Å²) >= 11 is 6.49. The fourth-order valence-corrected chi connectivity index (χ4v) is 4.85. The van der Waals surface area contributed by atoms with Crippen LogP contribution in [0.1, 0.15) is 50.1 Å². The van der Waals surface area contributed by atoms with Crippen LogP contribution in [0.25, 0.3) is 11.0 Å². The van der Waals surface area contributed by atoms with Crippen molar-refractivity contribution < 1.29 is 9.53 Å². The molecule has 0 bridgehead atoms. The predicted octanol–water partition coefficient (Wildman–Crippen LogP) is 4.99. The normalized spacial score (nSPS) is 19.8. The van der Waals surface area contributed by atoms with Gasteiger partial charge in [0.05, 0.1) is 23.1 Å². The molecule has 164 valence electrons. The lowest BCUT2D eigenvalue weighted by Gasteiger charge is -2.26. The maximum Gasteiger partial charge on any atom is 0.233 e. The first-order valence-electron chi connectivity index (χ1n) is 11.0. The Balaban J connectivity index is 1.66. The molecular formula is C25H30ClN3O2. The van der Waals surface area contributed by atoms with Gasteiger partial charge in [0, 0.05) is 24.6 Å². The monoisotopic (exact) mass is 439 g/mol. The molecule has 6 heteroatoms. The number of hydrogen-bond donors (Lipinski definition) is 2. The van der Waals surface area contributed by atoms with E-state index in [1.165, 1.54) is 0 Å². The number of H-pyrrole nitrogens is 1. The van der Waals surface area contributed by atoms with Gasteiger partial charge in [-0.05, 0) is 54.5 Å². The Hall–Kier alpha value is -2.37. The van der Waals surface area contributed by atoms with Crippen molar-refractivity contribution in [2.75, 3.05) is 19.8 Å². The van der Waals surface area contributed by atoms with Crippen LogP contribution in [0.2, 0.25) is 5.02 Å². The van der Waals surface area contributed by atoms with Crippen molar-refractivity contribution in [1.29, 1.82) is 0 Å². The third-order valence-electron chi connectivity index (χ3n) is 6.40. The van der Waals surface area contributed by atoms with Gasteiger partial charge >= 0.3 is 0 Å². The van der Waals surface area contributed by atoms with E-state index in [0.29, 0.717) is 32.1 Å².